The topological polar surface area (TPSA) is 44.8 Å². The lowest BCUT2D eigenvalue weighted by Crippen LogP contribution is -2.06. The first-order valence-electron chi connectivity index (χ1n) is 7.35. The molecule has 0 N–H and O–H groups in total. The van der Waals surface area contributed by atoms with Crippen LogP contribution in [-0.4, -0.2) is 27.3 Å². The molecule has 0 amide bonds. The van der Waals surface area contributed by atoms with Crippen molar-refractivity contribution in [1.82, 2.24) is 0 Å². The quantitative estimate of drug-likeness (QED) is 0.798. The van der Waals surface area contributed by atoms with E-state index < -0.39 is 5.97 Å². The molecule has 0 aliphatic carbocycles. The van der Waals surface area contributed by atoms with Crippen molar-refractivity contribution in [2.75, 3.05) is 21.3 Å². The van der Waals surface area contributed by atoms with Gasteiger partial charge in [-0.1, -0.05) is 0 Å². The molecule has 4 heteroatoms. The third kappa shape index (κ3) is 3.16. The Labute approximate surface area is 137 Å². The lowest BCUT2D eigenvalue weighted by atomic mass is 9.96. The number of hydrogen-bond acceptors (Lipinski definition) is 4. The Morgan fingerprint density at radius 1 is 0.739 bits per heavy atom. The van der Waals surface area contributed by atoms with Gasteiger partial charge in [0.25, 0.3) is 0 Å². The highest BCUT2D eigenvalue weighted by Gasteiger charge is 2.17. The van der Waals surface area contributed by atoms with Crippen LogP contribution in [0.25, 0.3) is 11.1 Å². The molecule has 0 atom stereocenters. The molecule has 0 radical (unpaired) electrons. The van der Waals surface area contributed by atoms with Crippen LogP contribution in [0.2, 0.25) is 0 Å². The molecule has 0 aliphatic rings. The average molecular weight is 314 g/mol. The molecule has 0 saturated carbocycles. The van der Waals surface area contributed by atoms with Crippen LogP contribution in [0.5, 0.6) is 11.5 Å². The summed E-state index contributed by atoms with van der Waals surface area (Å²) in [5, 5.41) is 0. The van der Waals surface area contributed by atoms with E-state index in [0.29, 0.717) is 11.3 Å². The van der Waals surface area contributed by atoms with Gasteiger partial charge in [-0.2, -0.15) is 0 Å². The van der Waals surface area contributed by atoms with Gasteiger partial charge in [0.15, 0.2) is 0 Å². The largest absolute Gasteiger partial charge is 0.496 e. The van der Waals surface area contributed by atoms with Crippen molar-refractivity contribution in [3.05, 3.63) is 46.5 Å². The SMILES string of the molecule is COC(=O)c1cc(-c2cc(C)c(OC)c(C)c2)cc(C)c1OC. The first kappa shape index (κ1) is 16.9. The zero-order chi connectivity index (χ0) is 17.1. The van der Waals surface area contributed by atoms with Gasteiger partial charge in [0.05, 0.1) is 21.3 Å². The highest BCUT2D eigenvalue weighted by atomic mass is 16.5. The van der Waals surface area contributed by atoms with E-state index in [1.807, 2.05) is 39.0 Å². The van der Waals surface area contributed by atoms with Gasteiger partial charge in [0.2, 0.25) is 0 Å². The lowest BCUT2D eigenvalue weighted by molar-refractivity contribution is 0.0597. The number of benzene rings is 2. The molecule has 0 bridgehead atoms. The molecule has 0 aromatic heterocycles. The summed E-state index contributed by atoms with van der Waals surface area (Å²) in [5.41, 5.74) is 5.38. The standard InChI is InChI=1S/C19H22O4/c1-11-7-14(8-12(2)17(11)21-4)15-9-13(3)18(22-5)16(10-15)19(20)23-6/h7-10H,1-6H3. The van der Waals surface area contributed by atoms with E-state index in [1.165, 1.54) is 7.11 Å². The Kier molecular flexibility index (Phi) is 4.94. The van der Waals surface area contributed by atoms with Crippen LogP contribution in [0.1, 0.15) is 27.0 Å². The molecular formula is C19H22O4. The molecule has 0 heterocycles. The number of rotatable bonds is 4. The maximum atomic E-state index is 12.0. The van der Waals surface area contributed by atoms with E-state index in [0.717, 1.165) is 33.6 Å². The minimum absolute atomic E-state index is 0.409. The highest BCUT2D eigenvalue weighted by Crippen LogP contribution is 2.34. The summed E-state index contributed by atoms with van der Waals surface area (Å²) in [6, 6.07) is 7.91. The van der Waals surface area contributed by atoms with Gasteiger partial charge in [0, 0.05) is 0 Å². The highest BCUT2D eigenvalue weighted by molar-refractivity contribution is 5.95. The Hall–Kier alpha value is -2.49. The number of esters is 1. The summed E-state index contributed by atoms with van der Waals surface area (Å²) < 4.78 is 15.6. The van der Waals surface area contributed by atoms with Crippen molar-refractivity contribution in [1.29, 1.82) is 0 Å². The van der Waals surface area contributed by atoms with E-state index in [-0.39, 0.29) is 0 Å². The molecule has 0 fully saturated rings. The van der Waals surface area contributed by atoms with E-state index in [4.69, 9.17) is 14.2 Å². The van der Waals surface area contributed by atoms with Crippen LogP contribution in [0.15, 0.2) is 24.3 Å². The second-order valence-corrected chi connectivity index (χ2v) is 5.51. The van der Waals surface area contributed by atoms with Crippen molar-refractivity contribution < 1.29 is 19.0 Å². The first-order valence-corrected chi connectivity index (χ1v) is 7.35. The number of methoxy groups -OCH3 is 3. The fourth-order valence-electron chi connectivity index (χ4n) is 2.91. The van der Waals surface area contributed by atoms with Gasteiger partial charge >= 0.3 is 5.97 Å². The van der Waals surface area contributed by atoms with E-state index in [9.17, 15) is 4.79 Å². The summed E-state index contributed by atoms with van der Waals surface area (Å²) in [6.45, 7) is 5.93. The number of ether oxygens (including phenoxy) is 3. The molecule has 0 saturated heterocycles. The molecule has 2 rings (SSSR count). The van der Waals surface area contributed by atoms with Crippen LogP contribution in [0.4, 0.5) is 0 Å². The summed E-state index contributed by atoms with van der Waals surface area (Å²) in [4.78, 5) is 12.0. The second-order valence-electron chi connectivity index (χ2n) is 5.51. The smallest absolute Gasteiger partial charge is 0.341 e. The summed E-state index contributed by atoms with van der Waals surface area (Å²) in [6.07, 6.45) is 0. The van der Waals surface area contributed by atoms with E-state index in [2.05, 4.69) is 0 Å². The lowest BCUT2D eigenvalue weighted by Gasteiger charge is -2.15. The predicted molar refractivity (Wildman–Crippen MR) is 90.5 cm³/mol. The molecule has 122 valence electrons. The Morgan fingerprint density at radius 2 is 1.17 bits per heavy atom. The average Bonchev–Trinajstić information content (AvgIpc) is 2.52. The molecule has 2 aromatic rings. The minimum atomic E-state index is -0.409. The third-order valence-corrected chi connectivity index (χ3v) is 3.88. The van der Waals surface area contributed by atoms with Crippen molar-refractivity contribution in [2.24, 2.45) is 0 Å². The fourth-order valence-corrected chi connectivity index (χ4v) is 2.91. The number of hydrogen-bond donors (Lipinski definition) is 0. The van der Waals surface area contributed by atoms with Crippen LogP contribution in [-0.2, 0) is 4.74 Å². The normalized spacial score (nSPS) is 10.3. The molecule has 2 aromatic carbocycles. The van der Waals surface area contributed by atoms with Crippen LogP contribution in [0.3, 0.4) is 0 Å². The third-order valence-electron chi connectivity index (χ3n) is 3.88. The van der Waals surface area contributed by atoms with E-state index in [1.54, 1.807) is 20.3 Å². The van der Waals surface area contributed by atoms with Crippen LogP contribution < -0.4 is 9.47 Å². The molecule has 0 unspecified atom stereocenters. The van der Waals surface area contributed by atoms with Crippen molar-refractivity contribution >= 4 is 5.97 Å². The summed E-state index contributed by atoms with van der Waals surface area (Å²) in [7, 11) is 4.59. The zero-order valence-electron chi connectivity index (χ0n) is 14.4. The Morgan fingerprint density at radius 3 is 1.61 bits per heavy atom. The molecule has 0 aliphatic heterocycles. The zero-order valence-corrected chi connectivity index (χ0v) is 14.4. The van der Waals surface area contributed by atoms with Crippen molar-refractivity contribution in [3.8, 4) is 22.6 Å². The van der Waals surface area contributed by atoms with Gasteiger partial charge in [-0.15, -0.1) is 0 Å². The predicted octanol–water partition coefficient (Wildman–Crippen LogP) is 4.08. The van der Waals surface area contributed by atoms with Gasteiger partial charge in [-0.05, 0) is 72.9 Å². The van der Waals surface area contributed by atoms with Gasteiger partial charge < -0.3 is 14.2 Å². The number of carbonyl (C=O) groups excluding carboxylic acids is 1. The number of carbonyl (C=O) groups is 1. The van der Waals surface area contributed by atoms with Crippen LogP contribution >= 0.6 is 0 Å². The van der Waals surface area contributed by atoms with Gasteiger partial charge in [0.1, 0.15) is 17.1 Å². The molecule has 23 heavy (non-hydrogen) atoms. The summed E-state index contributed by atoms with van der Waals surface area (Å²) >= 11 is 0. The summed E-state index contributed by atoms with van der Waals surface area (Å²) in [5.74, 6) is 1.02. The Balaban J connectivity index is 2.65. The van der Waals surface area contributed by atoms with Crippen molar-refractivity contribution in [2.45, 2.75) is 20.8 Å². The molecule has 4 nitrogen and oxygen atoms in total. The molecule has 0 spiro atoms. The maximum Gasteiger partial charge on any atom is 0.341 e. The second kappa shape index (κ2) is 6.73. The van der Waals surface area contributed by atoms with Crippen molar-refractivity contribution in [3.63, 3.8) is 0 Å². The molecular weight excluding hydrogens is 292 g/mol. The van der Waals surface area contributed by atoms with Gasteiger partial charge in [-0.25, -0.2) is 4.79 Å². The maximum absolute atomic E-state index is 12.0. The Bertz CT molecular complexity index is 724. The van der Waals surface area contributed by atoms with Gasteiger partial charge in [-0.3, -0.25) is 0 Å². The monoisotopic (exact) mass is 314 g/mol. The van der Waals surface area contributed by atoms with Crippen LogP contribution in [0, 0.1) is 20.8 Å². The number of aryl methyl sites for hydroxylation is 3. The first-order chi connectivity index (χ1) is 10.9. The minimum Gasteiger partial charge on any atom is -0.496 e. The van der Waals surface area contributed by atoms with E-state index >= 15 is 0 Å². The fraction of sp³-hybridized carbons (Fsp3) is 0.316.